The van der Waals surface area contributed by atoms with E-state index in [2.05, 4.69) is 30.3 Å². The zero-order valence-electron chi connectivity index (χ0n) is 11.8. The van der Waals surface area contributed by atoms with Crippen molar-refractivity contribution in [1.29, 1.82) is 0 Å². The molecule has 1 aromatic carbocycles. The molecule has 1 spiro atoms. The predicted octanol–water partition coefficient (Wildman–Crippen LogP) is 3.41. The van der Waals surface area contributed by atoms with Crippen LogP contribution in [0.5, 0.6) is 0 Å². The molecule has 0 aromatic heterocycles. The van der Waals surface area contributed by atoms with Crippen LogP contribution < -0.4 is 5.73 Å². The Balaban J connectivity index is 1.53. The van der Waals surface area contributed by atoms with Crippen molar-refractivity contribution in [3.63, 3.8) is 0 Å². The highest BCUT2D eigenvalue weighted by atomic mass is 32.2. The standard InChI is InChI=1S/C16H23NOS2/c17-15(11-20-14-4-2-1-3-5-14)13-6-8-18-16(10-13)7-9-19-12-16/h1-5,13,15H,6-12,17H2. The topological polar surface area (TPSA) is 35.2 Å². The van der Waals surface area contributed by atoms with Gasteiger partial charge >= 0.3 is 0 Å². The first-order chi connectivity index (χ1) is 9.77. The summed E-state index contributed by atoms with van der Waals surface area (Å²) in [5.41, 5.74) is 6.62. The van der Waals surface area contributed by atoms with Gasteiger partial charge in [-0.05, 0) is 43.1 Å². The maximum Gasteiger partial charge on any atom is 0.0783 e. The molecule has 2 nitrogen and oxygen atoms in total. The molecular formula is C16H23NOS2. The van der Waals surface area contributed by atoms with Gasteiger partial charge in [-0.15, -0.1) is 11.8 Å². The van der Waals surface area contributed by atoms with Crippen LogP contribution in [-0.2, 0) is 4.74 Å². The quantitative estimate of drug-likeness (QED) is 0.865. The average molecular weight is 310 g/mol. The third-order valence-electron chi connectivity index (χ3n) is 4.39. The van der Waals surface area contributed by atoms with Crippen molar-refractivity contribution in [2.24, 2.45) is 11.7 Å². The van der Waals surface area contributed by atoms with Crippen LogP contribution in [-0.4, -0.2) is 35.5 Å². The Labute approximate surface area is 130 Å². The zero-order valence-corrected chi connectivity index (χ0v) is 13.4. The first-order valence-corrected chi connectivity index (χ1v) is 9.57. The molecule has 4 heteroatoms. The zero-order chi connectivity index (χ0) is 13.8. The molecule has 3 atom stereocenters. The minimum Gasteiger partial charge on any atom is -0.374 e. The van der Waals surface area contributed by atoms with Gasteiger partial charge in [0.25, 0.3) is 0 Å². The van der Waals surface area contributed by atoms with Gasteiger partial charge in [0.2, 0.25) is 0 Å². The molecule has 0 saturated carbocycles. The van der Waals surface area contributed by atoms with Crippen LogP contribution in [0.1, 0.15) is 19.3 Å². The van der Waals surface area contributed by atoms with Gasteiger partial charge in [-0.2, -0.15) is 11.8 Å². The Morgan fingerprint density at radius 1 is 1.40 bits per heavy atom. The van der Waals surface area contributed by atoms with Gasteiger partial charge in [0.15, 0.2) is 0 Å². The lowest BCUT2D eigenvalue weighted by Gasteiger charge is -2.40. The normalized spacial score (nSPS) is 31.6. The van der Waals surface area contributed by atoms with Crippen LogP contribution in [0.4, 0.5) is 0 Å². The van der Waals surface area contributed by atoms with Crippen molar-refractivity contribution in [3.05, 3.63) is 30.3 Å². The van der Waals surface area contributed by atoms with Crippen molar-refractivity contribution in [2.45, 2.75) is 35.8 Å². The van der Waals surface area contributed by atoms with Crippen LogP contribution in [0.15, 0.2) is 35.2 Å². The number of benzene rings is 1. The Bertz CT molecular complexity index is 420. The largest absolute Gasteiger partial charge is 0.374 e. The van der Waals surface area contributed by atoms with E-state index in [4.69, 9.17) is 10.5 Å². The SMILES string of the molecule is NC(CSc1ccccc1)C1CCOC2(CCSC2)C1. The highest BCUT2D eigenvalue weighted by Gasteiger charge is 2.41. The summed E-state index contributed by atoms with van der Waals surface area (Å²) in [5.74, 6) is 4.05. The van der Waals surface area contributed by atoms with Crippen molar-refractivity contribution >= 4 is 23.5 Å². The molecule has 2 saturated heterocycles. The Morgan fingerprint density at radius 3 is 3.00 bits per heavy atom. The maximum absolute atomic E-state index is 6.46. The Morgan fingerprint density at radius 2 is 2.25 bits per heavy atom. The van der Waals surface area contributed by atoms with E-state index in [0.29, 0.717) is 5.92 Å². The average Bonchev–Trinajstić information content (AvgIpc) is 2.93. The summed E-state index contributed by atoms with van der Waals surface area (Å²) in [4.78, 5) is 1.32. The fraction of sp³-hybridized carbons (Fsp3) is 0.625. The van der Waals surface area contributed by atoms with Gasteiger partial charge in [-0.25, -0.2) is 0 Å². The fourth-order valence-electron chi connectivity index (χ4n) is 3.14. The second kappa shape index (κ2) is 6.73. The van der Waals surface area contributed by atoms with E-state index in [1.807, 2.05) is 23.5 Å². The molecule has 0 aliphatic carbocycles. The number of nitrogens with two attached hydrogens (primary N) is 1. The van der Waals surface area contributed by atoms with E-state index in [9.17, 15) is 0 Å². The lowest BCUT2D eigenvalue weighted by molar-refractivity contribution is -0.0820. The van der Waals surface area contributed by atoms with Crippen LogP contribution in [0.2, 0.25) is 0 Å². The molecule has 20 heavy (non-hydrogen) atoms. The van der Waals surface area contributed by atoms with Crippen LogP contribution in [0, 0.1) is 5.92 Å². The molecule has 110 valence electrons. The third-order valence-corrected chi connectivity index (χ3v) is 6.77. The molecule has 3 unspecified atom stereocenters. The summed E-state index contributed by atoms with van der Waals surface area (Å²) in [6, 6.07) is 10.9. The molecule has 0 bridgehead atoms. The molecular weight excluding hydrogens is 286 g/mol. The van der Waals surface area contributed by atoms with Crippen molar-refractivity contribution in [2.75, 3.05) is 23.9 Å². The lowest BCUT2D eigenvalue weighted by atomic mass is 9.82. The molecule has 2 heterocycles. The number of rotatable bonds is 4. The van der Waals surface area contributed by atoms with Crippen LogP contribution in [0.25, 0.3) is 0 Å². The lowest BCUT2D eigenvalue weighted by Crippen LogP contribution is -2.46. The first kappa shape index (κ1) is 14.8. The summed E-state index contributed by atoms with van der Waals surface area (Å²) >= 11 is 3.91. The Kier molecular flexibility index (Phi) is 4.97. The molecule has 2 aliphatic heterocycles. The van der Waals surface area contributed by atoms with Crippen LogP contribution in [0.3, 0.4) is 0 Å². The van der Waals surface area contributed by atoms with Crippen molar-refractivity contribution in [1.82, 2.24) is 0 Å². The molecule has 2 aliphatic rings. The molecule has 0 radical (unpaired) electrons. The highest BCUT2D eigenvalue weighted by molar-refractivity contribution is 7.99. The van der Waals surface area contributed by atoms with E-state index < -0.39 is 0 Å². The second-order valence-electron chi connectivity index (χ2n) is 5.87. The van der Waals surface area contributed by atoms with E-state index in [0.717, 1.165) is 25.2 Å². The van der Waals surface area contributed by atoms with E-state index >= 15 is 0 Å². The molecule has 0 amide bonds. The summed E-state index contributed by atoms with van der Waals surface area (Å²) in [6.07, 6.45) is 3.51. The second-order valence-corrected chi connectivity index (χ2v) is 8.07. The van der Waals surface area contributed by atoms with Gasteiger partial charge in [0, 0.05) is 29.0 Å². The summed E-state index contributed by atoms with van der Waals surface area (Å²) in [7, 11) is 0. The molecule has 2 fully saturated rings. The van der Waals surface area contributed by atoms with Gasteiger partial charge in [-0.1, -0.05) is 18.2 Å². The molecule has 2 N–H and O–H groups in total. The minimum atomic E-state index is 0.155. The van der Waals surface area contributed by atoms with E-state index in [1.54, 1.807) is 0 Å². The van der Waals surface area contributed by atoms with Gasteiger partial charge in [-0.3, -0.25) is 0 Å². The number of thioether (sulfide) groups is 2. The smallest absolute Gasteiger partial charge is 0.0783 e. The third kappa shape index (κ3) is 3.53. The predicted molar refractivity (Wildman–Crippen MR) is 88.5 cm³/mol. The van der Waals surface area contributed by atoms with Gasteiger partial charge in [0.1, 0.15) is 0 Å². The number of ether oxygens (including phenoxy) is 1. The summed E-state index contributed by atoms with van der Waals surface area (Å²) in [5, 5.41) is 0. The van der Waals surface area contributed by atoms with Gasteiger partial charge < -0.3 is 10.5 Å². The Hall–Kier alpha value is -0.160. The van der Waals surface area contributed by atoms with Crippen LogP contribution >= 0.6 is 23.5 Å². The minimum absolute atomic E-state index is 0.155. The van der Waals surface area contributed by atoms with Gasteiger partial charge in [0.05, 0.1) is 5.60 Å². The monoisotopic (exact) mass is 309 g/mol. The summed E-state index contributed by atoms with van der Waals surface area (Å²) in [6.45, 7) is 0.898. The maximum atomic E-state index is 6.46. The van der Waals surface area contributed by atoms with E-state index in [-0.39, 0.29) is 11.6 Å². The number of hydrogen-bond donors (Lipinski definition) is 1. The first-order valence-electron chi connectivity index (χ1n) is 7.43. The summed E-state index contributed by atoms with van der Waals surface area (Å²) < 4.78 is 6.09. The number of hydrogen-bond acceptors (Lipinski definition) is 4. The van der Waals surface area contributed by atoms with E-state index in [1.165, 1.54) is 22.8 Å². The molecule has 3 rings (SSSR count). The van der Waals surface area contributed by atoms with Crippen molar-refractivity contribution < 1.29 is 4.74 Å². The molecule has 1 aromatic rings. The fourth-order valence-corrected chi connectivity index (χ4v) is 5.52. The highest BCUT2D eigenvalue weighted by Crippen LogP contribution is 2.41. The van der Waals surface area contributed by atoms with Crippen molar-refractivity contribution in [3.8, 4) is 0 Å².